The molecule has 3 heterocycles. The lowest BCUT2D eigenvalue weighted by Crippen LogP contribution is -2.39. The molecule has 36 heavy (non-hydrogen) atoms. The average Bonchev–Trinajstić information content (AvgIpc) is 3.17. The van der Waals surface area contributed by atoms with E-state index < -0.39 is 17.7 Å². The molecule has 0 aromatic heterocycles. The van der Waals surface area contributed by atoms with E-state index in [9.17, 15) is 14.7 Å². The minimum Gasteiger partial charge on any atom is -0.507 e. The van der Waals surface area contributed by atoms with Crippen molar-refractivity contribution in [2.24, 2.45) is 0 Å². The van der Waals surface area contributed by atoms with Gasteiger partial charge >= 0.3 is 0 Å². The van der Waals surface area contributed by atoms with E-state index in [0.717, 1.165) is 19.6 Å². The molecular weight excluding hydrogens is 464 g/mol. The molecule has 3 aliphatic rings. The zero-order chi connectivity index (χ0) is 25.1. The largest absolute Gasteiger partial charge is 0.507 e. The number of Topliss-reactive ketones (excluding diaryl/α,β-unsaturated/α-hetero) is 1. The van der Waals surface area contributed by atoms with Crippen LogP contribution in [0.3, 0.4) is 0 Å². The van der Waals surface area contributed by atoms with Crippen LogP contribution in [0.15, 0.2) is 48.0 Å². The summed E-state index contributed by atoms with van der Waals surface area (Å²) in [7, 11) is 1.55. The van der Waals surface area contributed by atoms with Crippen molar-refractivity contribution in [3.05, 3.63) is 59.2 Å². The molecule has 5 rings (SSSR count). The van der Waals surface area contributed by atoms with Crippen molar-refractivity contribution in [3.8, 4) is 17.2 Å². The van der Waals surface area contributed by atoms with Gasteiger partial charge in [0.05, 0.1) is 31.9 Å². The van der Waals surface area contributed by atoms with Crippen molar-refractivity contribution in [2.75, 3.05) is 59.7 Å². The number of ether oxygens (including phenoxy) is 4. The zero-order valence-electron chi connectivity index (χ0n) is 20.3. The molecule has 1 N–H and O–H groups in total. The van der Waals surface area contributed by atoms with Crippen molar-refractivity contribution in [3.63, 3.8) is 0 Å². The molecule has 2 aromatic carbocycles. The molecule has 0 saturated carbocycles. The van der Waals surface area contributed by atoms with Gasteiger partial charge in [0.25, 0.3) is 11.7 Å². The van der Waals surface area contributed by atoms with Gasteiger partial charge in [0.2, 0.25) is 0 Å². The number of morpholine rings is 1. The van der Waals surface area contributed by atoms with Crippen LogP contribution >= 0.6 is 0 Å². The second-order valence-electron chi connectivity index (χ2n) is 8.90. The molecule has 9 nitrogen and oxygen atoms in total. The predicted octanol–water partition coefficient (Wildman–Crippen LogP) is 2.61. The summed E-state index contributed by atoms with van der Waals surface area (Å²) in [6.45, 7) is 5.07. The summed E-state index contributed by atoms with van der Waals surface area (Å²) >= 11 is 0. The zero-order valence-corrected chi connectivity index (χ0v) is 20.3. The minimum atomic E-state index is -0.779. The number of hydrogen-bond acceptors (Lipinski definition) is 8. The van der Waals surface area contributed by atoms with Gasteiger partial charge in [0.1, 0.15) is 24.7 Å². The molecule has 9 heteroatoms. The van der Waals surface area contributed by atoms with Crippen LogP contribution in [0.2, 0.25) is 0 Å². The molecule has 2 aromatic rings. The number of aliphatic hydroxyl groups excluding tert-OH is 1. The topological polar surface area (TPSA) is 97.8 Å². The quantitative estimate of drug-likeness (QED) is 0.357. The summed E-state index contributed by atoms with van der Waals surface area (Å²) in [6.07, 6.45) is 0.683. The van der Waals surface area contributed by atoms with E-state index in [1.54, 1.807) is 36.3 Å². The lowest BCUT2D eigenvalue weighted by atomic mass is 9.94. The standard InChI is InChI=1S/C27H30N2O7/c1-33-20-6-3-2-5-19(20)24-23(25(30)18-7-8-21-22(17-18)36-16-15-35-21)26(31)27(32)29(24)10-4-9-28-11-13-34-14-12-28/h2-3,5-8,17,24,30H,4,9-16H2,1H3/t24-/m0/s1. The molecule has 0 radical (unpaired) electrons. The third kappa shape index (κ3) is 4.64. The maximum atomic E-state index is 13.3. The lowest BCUT2D eigenvalue weighted by molar-refractivity contribution is -0.140. The molecule has 0 bridgehead atoms. The fourth-order valence-electron chi connectivity index (χ4n) is 4.96. The summed E-state index contributed by atoms with van der Waals surface area (Å²) in [5.74, 6) is -0.00858. The van der Waals surface area contributed by atoms with Crippen LogP contribution in [0.4, 0.5) is 0 Å². The summed E-state index contributed by atoms with van der Waals surface area (Å²) in [5, 5.41) is 11.4. The molecule has 190 valence electrons. The lowest BCUT2D eigenvalue weighted by Gasteiger charge is -2.29. The van der Waals surface area contributed by atoms with Gasteiger partial charge in [-0.05, 0) is 30.7 Å². The van der Waals surface area contributed by atoms with Crippen LogP contribution in [0, 0.1) is 0 Å². The Hall–Kier alpha value is -3.56. The number of carbonyl (C=O) groups is 2. The van der Waals surface area contributed by atoms with Crippen molar-refractivity contribution >= 4 is 17.4 Å². The number of hydrogen-bond donors (Lipinski definition) is 1. The Morgan fingerprint density at radius 3 is 2.53 bits per heavy atom. The smallest absolute Gasteiger partial charge is 0.295 e. The van der Waals surface area contributed by atoms with Crippen LogP contribution in [-0.4, -0.2) is 86.3 Å². The fourth-order valence-corrected chi connectivity index (χ4v) is 4.96. The molecule has 3 aliphatic heterocycles. The van der Waals surface area contributed by atoms with Crippen LogP contribution < -0.4 is 14.2 Å². The third-order valence-corrected chi connectivity index (χ3v) is 6.77. The van der Waals surface area contributed by atoms with Crippen LogP contribution in [0.5, 0.6) is 17.2 Å². The fraction of sp³-hybridized carbons (Fsp3) is 0.407. The van der Waals surface area contributed by atoms with E-state index in [1.807, 2.05) is 18.2 Å². The van der Waals surface area contributed by atoms with Gasteiger partial charge in [0.15, 0.2) is 11.5 Å². The number of benzene rings is 2. The van der Waals surface area contributed by atoms with Crippen molar-refractivity contribution in [2.45, 2.75) is 12.5 Å². The number of methoxy groups -OCH3 is 1. The molecule has 2 saturated heterocycles. The summed E-state index contributed by atoms with van der Waals surface area (Å²) in [5.41, 5.74) is 1.06. The van der Waals surface area contributed by atoms with Gasteiger partial charge in [-0.25, -0.2) is 0 Å². The molecule has 1 amide bonds. The Morgan fingerprint density at radius 1 is 1.00 bits per heavy atom. The maximum Gasteiger partial charge on any atom is 0.295 e. The second-order valence-corrected chi connectivity index (χ2v) is 8.90. The number of ketones is 1. The Balaban J connectivity index is 1.51. The number of fused-ring (bicyclic) bond motifs is 1. The highest BCUT2D eigenvalue weighted by Gasteiger charge is 2.46. The first-order valence-corrected chi connectivity index (χ1v) is 12.2. The van der Waals surface area contributed by atoms with E-state index >= 15 is 0 Å². The van der Waals surface area contributed by atoms with Gasteiger partial charge in [-0.1, -0.05) is 18.2 Å². The number of amides is 1. The highest BCUT2D eigenvalue weighted by atomic mass is 16.6. The monoisotopic (exact) mass is 494 g/mol. The maximum absolute atomic E-state index is 13.3. The van der Waals surface area contributed by atoms with Gasteiger partial charge < -0.3 is 29.0 Å². The van der Waals surface area contributed by atoms with Crippen LogP contribution in [-0.2, 0) is 14.3 Å². The van der Waals surface area contributed by atoms with Crippen LogP contribution in [0.25, 0.3) is 5.76 Å². The first-order valence-electron chi connectivity index (χ1n) is 12.2. The van der Waals surface area contributed by atoms with Crippen LogP contribution in [0.1, 0.15) is 23.6 Å². The van der Waals surface area contributed by atoms with Gasteiger partial charge in [-0.15, -0.1) is 0 Å². The normalized spacial score (nSPS) is 21.6. The minimum absolute atomic E-state index is 0.0348. The highest BCUT2D eigenvalue weighted by molar-refractivity contribution is 6.46. The molecule has 0 spiro atoms. The van der Waals surface area contributed by atoms with Crippen molar-refractivity contribution in [1.29, 1.82) is 0 Å². The van der Waals surface area contributed by atoms with Gasteiger partial charge in [0, 0.05) is 37.3 Å². The Labute approximate surface area is 209 Å². The van der Waals surface area contributed by atoms with E-state index in [0.29, 0.717) is 67.8 Å². The number of nitrogens with zero attached hydrogens (tertiary/aromatic N) is 2. The summed E-state index contributed by atoms with van der Waals surface area (Å²) in [6, 6.07) is 11.5. The Morgan fingerprint density at radius 2 is 1.75 bits per heavy atom. The van der Waals surface area contributed by atoms with Crippen molar-refractivity contribution in [1.82, 2.24) is 9.80 Å². The van der Waals surface area contributed by atoms with Crippen molar-refractivity contribution < 1.29 is 33.6 Å². The van der Waals surface area contributed by atoms with E-state index in [1.165, 1.54) is 0 Å². The Kier molecular flexibility index (Phi) is 7.11. The second kappa shape index (κ2) is 10.6. The molecule has 2 fully saturated rings. The first kappa shape index (κ1) is 24.1. The van der Waals surface area contributed by atoms with Gasteiger partial charge in [-0.3, -0.25) is 14.5 Å². The SMILES string of the molecule is COc1ccccc1[C@H]1C(=C(O)c2ccc3c(c2)OCCO3)C(=O)C(=O)N1CCCN1CCOCC1. The Bertz CT molecular complexity index is 1170. The van der Waals surface area contributed by atoms with E-state index in [4.69, 9.17) is 18.9 Å². The number of likely N-dealkylation sites (tertiary alicyclic amines) is 1. The number of rotatable bonds is 7. The number of para-hydroxylation sites is 1. The molecule has 0 aliphatic carbocycles. The predicted molar refractivity (Wildman–Crippen MR) is 131 cm³/mol. The molecule has 1 atom stereocenters. The first-order chi connectivity index (χ1) is 17.6. The number of aliphatic hydroxyl groups is 1. The van der Waals surface area contributed by atoms with Gasteiger partial charge in [-0.2, -0.15) is 0 Å². The average molecular weight is 495 g/mol. The highest BCUT2D eigenvalue weighted by Crippen LogP contribution is 2.43. The third-order valence-electron chi connectivity index (χ3n) is 6.77. The molecule has 0 unspecified atom stereocenters. The summed E-state index contributed by atoms with van der Waals surface area (Å²) < 4.78 is 22.2. The van der Waals surface area contributed by atoms with E-state index in [-0.39, 0.29) is 11.3 Å². The van der Waals surface area contributed by atoms with E-state index in [2.05, 4.69) is 4.90 Å². The summed E-state index contributed by atoms with van der Waals surface area (Å²) in [4.78, 5) is 30.4. The number of carbonyl (C=O) groups excluding carboxylic acids is 2. The molecular formula is C27H30N2O7.